The number of amides is 1. The Morgan fingerprint density at radius 2 is 1.81 bits per heavy atom. The fourth-order valence-corrected chi connectivity index (χ4v) is 8.18. The van der Waals surface area contributed by atoms with E-state index in [0.717, 1.165) is 45.3 Å². The lowest BCUT2D eigenvalue weighted by Gasteiger charge is -2.54. The van der Waals surface area contributed by atoms with Crippen molar-refractivity contribution in [3.05, 3.63) is 48.6 Å². The van der Waals surface area contributed by atoms with Gasteiger partial charge in [-0.3, -0.25) is 4.79 Å². The molecule has 1 amide bonds. The number of nitrogens with zero attached hydrogens (tertiary/aromatic N) is 6. The van der Waals surface area contributed by atoms with Crippen LogP contribution in [-0.2, 0) is 9.53 Å². The van der Waals surface area contributed by atoms with Crippen molar-refractivity contribution in [1.29, 1.82) is 0 Å². The van der Waals surface area contributed by atoms with Gasteiger partial charge in [-0.15, -0.1) is 0 Å². The van der Waals surface area contributed by atoms with Gasteiger partial charge in [0, 0.05) is 74.9 Å². The van der Waals surface area contributed by atoms with Crippen molar-refractivity contribution in [2.24, 2.45) is 5.41 Å². The molecule has 3 saturated heterocycles. The van der Waals surface area contributed by atoms with Gasteiger partial charge in [0.15, 0.2) is 12.4 Å². The van der Waals surface area contributed by atoms with E-state index in [1.165, 1.54) is 18.5 Å². The second-order valence-electron chi connectivity index (χ2n) is 14.8. The second-order valence-corrected chi connectivity index (χ2v) is 14.8. The first-order valence-electron chi connectivity index (χ1n) is 18.3. The Morgan fingerprint density at radius 3 is 2.49 bits per heavy atom. The predicted octanol–water partition coefficient (Wildman–Crippen LogP) is 6.24. The number of imidazole rings is 1. The molecular formula is C38H43F4N7O4. The summed E-state index contributed by atoms with van der Waals surface area (Å²) in [4.78, 5) is 35.6. The zero-order valence-electron chi connectivity index (χ0n) is 29.7. The summed E-state index contributed by atoms with van der Waals surface area (Å²) >= 11 is 0. The number of ether oxygens (including phenoxy) is 3. The molecule has 4 aromatic rings. The van der Waals surface area contributed by atoms with Crippen LogP contribution in [0.5, 0.6) is 11.8 Å². The number of methoxy groups -OCH3 is 1. The lowest BCUT2D eigenvalue weighted by Crippen LogP contribution is -2.61. The SMILES string of the molecule is C=CC(=O)N1CC2(CCN(c3nc(OC4CCN(CCOC)CC4)nc4c(OCC(F)(F)F)c(-c5c(F)ccc6[nH]cnc56)c(C5CC5)cc34)CC2)C1. The molecule has 15 heteroatoms. The molecule has 282 valence electrons. The number of anilines is 1. The number of hydrogen-bond donors (Lipinski definition) is 1. The van der Waals surface area contributed by atoms with Gasteiger partial charge in [-0.05, 0) is 74.3 Å². The largest absolute Gasteiger partial charge is 0.481 e. The van der Waals surface area contributed by atoms with Gasteiger partial charge < -0.3 is 33.9 Å². The average Bonchev–Trinajstić information content (AvgIpc) is 3.87. The number of likely N-dealkylation sites (tertiary alicyclic amines) is 2. The molecule has 1 saturated carbocycles. The number of hydrogen-bond acceptors (Lipinski definition) is 9. The normalized spacial score (nSPS) is 19.6. The van der Waals surface area contributed by atoms with E-state index in [2.05, 4.69) is 26.3 Å². The smallest absolute Gasteiger partial charge is 0.422 e. The number of aromatic amines is 1. The minimum atomic E-state index is -4.67. The van der Waals surface area contributed by atoms with Crippen molar-refractivity contribution in [2.45, 2.75) is 56.7 Å². The van der Waals surface area contributed by atoms with Crippen LogP contribution in [0.3, 0.4) is 0 Å². The molecule has 1 N–H and O–H groups in total. The van der Waals surface area contributed by atoms with Crippen molar-refractivity contribution in [2.75, 3.05) is 71.0 Å². The second kappa shape index (κ2) is 14.0. The van der Waals surface area contributed by atoms with Gasteiger partial charge in [0.2, 0.25) is 5.91 Å². The van der Waals surface area contributed by atoms with Gasteiger partial charge in [-0.2, -0.15) is 23.1 Å². The molecule has 0 atom stereocenters. The van der Waals surface area contributed by atoms with Crippen LogP contribution in [0.2, 0.25) is 0 Å². The van der Waals surface area contributed by atoms with Gasteiger partial charge in [0.1, 0.15) is 23.3 Å². The van der Waals surface area contributed by atoms with Crippen LogP contribution >= 0.6 is 0 Å². The Morgan fingerprint density at radius 1 is 1.06 bits per heavy atom. The number of carbonyl (C=O) groups excluding carboxylic acids is 1. The van der Waals surface area contributed by atoms with E-state index in [1.54, 1.807) is 18.1 Å². The van der Waals surface area contributed by atoms with Gasteiger partial charge in [-0.25, -0.2) is 9.37 Å². The lowest BCUT2D eigenvalue weighted by molar-refractivity contribution is -0.153. The van der Waals surface area contributed by atoms with E-state index >= 15 is 4.39 Å². The van der Waals surface area contributed by atoms with E-state index < -0.39 is 18.6 Å². The average molecular weight is 738 g/mol. The molecule has 8 rings (SSSR count). The van der Waals surface area contributed by atoms with Crippen LogP contribution in [0.4, 0.5) is 23.4 Å². The first-order valence-corrected chi connectivity index (χ1v) is 18.3. The van der Waals surface area contributed by atoms with Crippen molar-refractivity contribution in [3.8, 4) is 22.9 Å². The molecule has 11 nitrogen and oxygen atoms in total. The van der Waals surface area contributed by atoms with Crippen molar-refractivity contribution >= 4 is 33.7 Å². The van der Waals surface area contributed by atoms with Crippen molar-refractivity contribution in [1.82, 2.24) is 29.7 Å². The highest BCUT2D eigenvalue weighted by Gasteiger charge is 2.47. The zero-order chi connectivity index (χ0) is 36.9. The molecule has 4 fully saturated rings. The topological polar surface area (TPSA) is 109 Å². The molecule has 1 spiro atoms. The molecule has 3 aliphatic heterocycles. The van der Waals surface area contributed by atoms with Crippen molar-refractivity contribution in [3.63, 3.8) is 0 Å². The molecule has 2 aromatic heterocycles. The Hall–Kier alpha value is -4.50. The number of fused-ring (bicyclic) bond motifs is 2. The first-order chi connectivity index (χ1) is 25.5. The van der Waals surface area contributed by atoms with E-state index in [4.69, 9.17) is 24.2 Å². The van der Waals surface area contributed by atoms with Gasteiger partial charge in [-0.1, -0.05) is 6.58 Å². The number of H-pyrrole nitrogens is 1. The Kier molecular flexibility index (Phi) is 9.42. The molecule has 4 aliphatic rings. The molecule has 2 aromatic carbocycles. The summed E-state index contributed by atoms with van der Waals surface area (Å²) in [5, 5.41) is 0.525. The molecule has 1 aliphatic carbocycles. The molecule has 0 bridgehead atoms. The maximum absolute atomic E-state index is 16.0. The lowest BCUT2D eigenvalue weighted by atomic mass is 9.72. The molecule has 0 radical (unpaired) electrons. The van der Waals surface area contributed by atoms with Crippen LogP contribution in [0.15, 0.2) is 37.2 Å². The number of nitrogens with one attached hydrogen (secondary N) is 1. The van der Waals surface area contributed by atoms with Gasteiger partial charge >= 0.3 is 12.2 Å². The number of piperidine rings is 2. The summed E-state index contributed by atoms with van der Waals surface area (Å²) in [6.07, 6.45) is 2.49. The van der Waals surface area contributed by atoms with E-state index in [0.29, 0.717) is 73.4 Å². The number of benzene rings is 2. The summed E-state index contributed by atoms with van der Waals surface area (Å²) in [6, 6.07) is 4.80. The molecule has 0 unspecified atom stereocenters. The first kappa shape index (κ1) is 35.5. The van der Waals surface area contributed by atoms with Crippen LogP contribution in [0.25, 0.3) is 33.1 Å². The monoisotopic (exact) mass is 737 g/mol. The number of aromatic nitrogens is 4. The minimum Gasteiger partial charge on any atom is -0.481 e. The number of rotatable bonds is 11. The van der Waals surface area contributed by atoms with E-state index in [9.17, 15) is 18.0 Å². The van der Waals surface area contributed by atoms with E-state index in [-0.39, 0.29) is 51.7 Å². The summed E-state index contributed by atoms with van der Waals surface area (Å²) in [7, 11) is 1.67. The van der Waals surface area contributed by atoms with Gasteiger partial charge in [0.05, 0.1) is 24.0 Å². The number of alkyl halides is 3. The highest BCUT2D eigenvalue weighted by Crippen LogP contribution is 2.53. The minimum absolute atomic E-state index is 0.0127. The summed E-state index contributed by atoms with van der Waals surface area (Å²) in [6.45, 7) is 7.56. The summed E-state index contributed by atoms with van der Waals surface area (Å²) in [5.41, 5.74) is 1.92. The van der Waals surface area contributed by atoms with Gasteiger partial charge in [0.25, 0.3) is 0 Å². The number of halogens is 4. The summed E-state index contributed by atoms with van der Waals surface area (Å²) in [5.74, 6) is -0.344. The predicted molar refractivity (Wildman–Crippen MR) is 191 cm³/mol. The number of carbonyl (C=O) groups is 1. The molecule has 53 heavy (non-hydrogen) atoms. The zero-order valence-corrected chi connectivity index (χ0v) is 29.7. The Labute approximate surface area is 304 Å². The third-order valence-electron chi connectivity index (χ3n) is 11.2. The maximum Gasteiger partial charge on any atom is 0.422 e. The highest BCUT2D eigenvalue weighted by atomic mass is 19.4. The quantitative estimate of drug-likeness (QED) is 0.142. The standard InChI is InChI=1S/C38H43F4N7O4/c1-3-29(50)49-19-37(20-49)10-14-48(15-11-37)35-26-18-25(23-4-5-23)30(31-27(39)6-7-28-33(31)44-22-43-28)34(52-21-38(40,41)42)32(26)45-36(46-35)53-24-8-12-47(13-9-24)16-17-51-2/h3,6-7,18,22-24H,1,4-5,8-17,19-21H2,2H3,(H,43,44). The molecule has 5 heterocycles. The third-order valence-corrected chi connectivity index (χ3v) is 11.2. The fraction of sp³-hybridized carbons (Fsp3) is 0.526. The summed E-state index contributed by atoms with van der Waals surface area (Å²) < 4.78 is 75.5. The Bertz CT molecular complexity index is 2010. The third kappa shape index (κ3) is 7.12. The van der Waals surface area contributed by atoms with Crippen LogP contribution in [0, 0.1) is 11.2 Å². The molecular weight excluding hydrogens is 694 g/mol. The van der Waals surface area contributed by atoms with Crippen LogP contribution < -0.4 is 14.4 Å². The van der Waals surface area contributed by atoms with Crippen LogP contribution in [-0.4, -0.2) is 114 Å². The fourth-order valence-electron chi connectivity index (χ4n) is 8.18. The Balaban J connectivity index is 1.25. The highest BCUT2D eigenvalue weighted by molar-refractivity contribution is 6.04. The maximum atomic E-state index is 16.0. The van der Waals surface area contributed by atoms with Crippen molar-refractivity contribution < 1.29 is 36.6 Å². The van der Waals surface area contributed by atoms with E-state index in [1.807, 2.05) is 6.07 Å². The van der Waals surface area contributed by atoms with Crippen LogP contribution in [0.1, 0.15) is 50.0 Å².